The van der Waals surface area contributed by atoms with Crippen molar-refractivity contribution in [2.45, 2.75) is 0 Å². The van der Waals surface area contributed by atoms with Gasteiger partial charge in [0.1, 0.15) is 0 Å². The molecule has 0 bridgehead atoms. The standard InChI is InChI=1S/C10H7ClN2S/c11-10-12-9(13-14-10)7-6-8-4-2-1-3-5-8/h1-7H. The Bertz CT molecular complexity index is 436. The number of nitrogens with zero attached hydrogens (tertiary/aromatic N) is 2. The van der Waals surface area contributed by atoms with E-state index in [4.69, 9.17) is 11.6 Å². The molecule has 2 rings (SSSR count). The first kappa shape index (κ1) is 9.37. The van der Waals surface area contributed by atoms with Gasteiger partial charge in [-0.3, -0.25) is 0 Å². The van der Waals surface area contributed by atoms with E-state index in [0.29, 0.717) is 10.3 Å². The summed E-state index contributed by atoms with van der Waals surface area (Å²) in [5.74, 6) is 0.656. The average Bonchev–Trinajstić information content (AvgIpc) is 2.63. The molecule has 70 valence electrons. The molecule has 0 saturated heterocycles. The van der Waals surface area contributed by atoms with Crippen LogP contribution in [0.1, 0.15) is 11.4 Å². The van der Waals surface area contributed by atoms with Crippen LogP contribution in [0.25, 0.3) is 12.2 Å². The third-order valence-electron chi connectivity index (χ3n) is 1.64. The van der Waals surface area contributed by atoms with Crippen molar-refractivity contribution in [3.8, 4) is 0 Å². The molecular formula is C10H7ClN2S. The number of aromatic nitrogens is 2. The maximum Gasteiger partial charge on any atom is 0.203 e. The molecule has 1 aromatic carbocycles. The van der Waals surface area contributed by atoms with Gasteiger partial charge in [0.05, 0.1) is 0 Å². The average molecular weight is 223 g/mol. The molecule has 0 amide bonds. The maximum absolute atomic E-state index is 5.65. The molecular weight excluding hydrogens is 216 g/mol. The molecule has 0 unspecified atom stereocenters. The zero-order valence-corrected chi connectivity index (χ0v) is 8.79. The molecule has 1 aromatic heterocycles. The quantitative estimate of drug-likeness (QED) is 0.779. The molecule has 0 radical (unpaired) electrons. The van der Waals surface area contributed by atoms with E-state index in [1.165, 1.54) is 11.5 Å². The van der Waals surface area contributed by atoms with E-state index in [1.807, 2.05) is 42.5 Å². The Labute approximate surface area is 91.1 Å². The highest BCUT2D eigenvalue weighted by molar-refractivity contribution is 7.10. The highest BCUT2D eigenvalue weighted by atomic mass is 35.5. The summed E-state index contributed by atoms with van der Waals surface area (Å²) in [7, 11) is 0. The van der Waals surface area contributed by atoms with E-state index in [0.717, 1.165) is 5.56 Å². The number of benzene rings is 1. The lowest BCUT2D eigenvalue weighted by Crippen LogP contribution is -1.73. The summed E-state index contributed by atoms with van der Waals surface area (Å²) in [4.78, 5) is 4.01. The van der Waals surface area contributed by atoms with Crippen LogP contribution >= 0.6 is 23.1 Å². The molecule has 0 N–H and O–H groups in total. The molecule has 0 saturated carbocycles. The summed E-state index contributed by atoms with van der Waals surface area (Å²) >= 11 is 6.85. The van der Waals surface area contributed by atoms with Crippen molar-refractivity contribution < 1.29 is 0 Å². The summed E-state index contributed by atoms with van der Waals surface area (Å²) in [5, 5.41) is 0. The van der Waals surface area contributed by atoms with Gasteiger partial charge in [-0.2, -0.15) is 4.37 Å². The van der Waals surface area contributed by atoms with Crippen LogP contribution < -0.4 is 0 Å². The van der Waals surface area contributed by atoms with Gasteiger partial charge in [-0.1, -0.05) is 36.4 Å². The monoisotopic (exact) mass is 222 g/mol. The molecule has 0 aliphatic rings. The van der Waals surface area contributed by atoms with Gasteiger partial charge in [-0.15, -0.1) is 0 Å². The van der Waals surface area contributed by atoms with Crippen LogP contribution in [0.2, 0.25) is 4.47 Å². The van der Waals surface area contributed by atoms with Gasteiger partial charge in [0.25, 0.3) is 0 Å². The molecule has 0 fully saturated rings. The first-order valence-electron chi connectivity index (χ1n) is 4.07. The van der Waals surface area contributed by atoms with Crippen LogP contribution in [0.4, 0.5) is 0 Å². The van der Waals surface area contributed by atoms with Gasteiger partial charge in [0.2, 0.25) is 4.47 Å². The number of hydrogen-bond donors (Lipinski definition) is 0. The third kappa shape index (κ3) is 2.40. The molecule has 4 heteroatoms. The fraction of sp³-hybridized carbons (Fsp3) is 0. The van der Waals surface area contributed by atoms with Crippen molar-refractivity contribution in [2.24, 2.45) is 0 Å². The maximum atomic E-state index is 5.65. The lowest BCUT2D eigenvalue weighted by atomic mass is 10.2. The number of halogens is 1. The second-order valence-electron chi connectivity index (χ2n) is 2.65. The predicted octanol–water partition coefficient (Wildman–Crippen LogP) is 3.36. The van der Waals surface area contributed by atoms with E-state index in [2.05, 4.69) is 9.36 Å². The van der Waals surface area contributed by atoms with Gasteiger partial charge in [0.15, 0.2) is 5.82 Å². The van der Waals surface area contributed by atoms with E-state index in [-0.39, 0.29) is 0 Å². The van der Waals surface area contributed by atoms with Crippen molar-refractivity contribution in [3.63, 3.8) is 0 Å². The highest BCUT2D eigenvalue weighted by Crippen LogP contribution is 2.12. The van der Waals surface area contributed by atoms with Gasteiger partial charge in [-0.25, -0.2) is 4.98 Å². The van der Waals surface area contributed by atoms with E-state index >= 15 is 0 Å². The van der Waals surface area contributed by atoms with Gasteiger partial charge < -0.3 is 0 Å². The Morgan fingerprint density at radius 3 is 2.57 bits per heavy atom. The SMILES string of the molecule is Clc1nc(C=Cc2ccccc2)ns1. The summed E-state index contributed by atoms with van der Waals surface area (Å²) in [6.45, 7) is 0. The highest BCUT2D eigenvalue weighted by Gasteiger charge is 1.95. The molecule has 0 aliphatic heterocycles. The van der Waals surface area contributed by atoms with E-state index in [9.17, 15) is 0 Å². The normalized spacial score (nSPS) is 10.9. The zero-order chi connectivity index (χ0) is 9.80. The van der Waals surface area contributed by atoms with Crippen LogP contribution in [0, 0.1) is 0 Å². The minimum Gasteiger partial charge on any atom is -0.204 e. The molecule has 2 aromatic rings. The Morgan fingerprint density at radius 1 is 1.14 bits per heavy atom. The van der Waals surface area contributed by atoms with Crippen LogP contribution in [0.3, 0.4) is 0 Å². The van der Waals surface area contributed by atoms with Crippen LogP contribution in [-0.2, 0) is 0 Å². The van der Waals surface area contributed by atoms with Gasteiger partial charge >= 0.3 is 0 Å². The number of hydrogen-bond acceptors (Lipinski definition) is 3. The Kier molecular flexibility index (Phi) is 2.91. The van der Waals surface area contributed by atoms with Crippen molar-refractivity contribution in [2.75, 3.05) is 0 Å². The zero-order valence-electron chi connectivity index (χ0n) is 7.22. The lowest BCUT2D eigenvalue weighted by molar-refractivity contribution is 1.29. The lowest BCUT2D eigenvalue weighted by Gasteiger charge is -1.88. The van der Waals surface area contributed by atoms with Crippen molar-refractivity contribution in [1.82, 2.24) is 9.36 Å². The second-order valence-corrected chi connectivity index (χ2v) is 3.98. The summed E-state index contributed by atoms with van der Waals surface area (Å²) < 4.78 is 4.51. The molecule has 0 atom stereocenters. The van der Waals surface area contributed by atoms with Gasteiger partial charge in [0, 0.05) is 0 Å². The minimum absolute atomic E-state index is 0.470. The summed E-state index contributed by atoms with van der Waals surface area (Å²) in [6, 6.07) is 9.99. The van der Waals surface area contributed by atoms with Gasteiger partial charge in [-0.05, 0) is 34.8 Å². The van der Waals surface area contributed by atoms with Crippen molar-refractivity contribution in [1.29, 1.82) is 0 Å². The molecule has 2 nitrogen and oxygen atoms in total. The fourth-order valence-corrected chi connectivity index (χ4v) is 1.61. The van der Waals surface area contributed by atoms with E-state index in [1.54, 1.807) is 0 Å². The third-order valence-corrected chi connectivity index (χ3v) is 2.45. The molecule has 0 aliphatic carbocycles. The van der Waals surface area contributed by atoms with Crippen LogP contribution in [0.15, 0.2) is 30.3 Å². The smallest absolute Gasteiger partial charge is 0.203 e. The minimum atomic E-state index is 0.470. The van der Waals surface area contributed by atoms with Crippen molar-refractivity contribution in [3.05, 3.63) is 46.2 Å². The molecule has 14 heavy (non-hydrogen) atoms. The largest absolute Gasteiger partial charge is 0.204 e. The van der Waals surface area contributed by atoms with E-state index < -0.39 is 0 Å². The van der Waals surface area contributed by atoms with Crippen molar-refractivity contribution >= 4 is 35.3 Å². The first-order chi connectivity index (χ1) is 6.84. The second kappa shape index (κ2) is 4.35. The number of rotatable bonds is 2. The Morgan fingerprint density at radius 2 is 1.93 bits per heavy atom. The first-order valence-corrected chi connectivity index (χ1v) is 5.22. The topological polar surface area (TPSA) is 25.8 Å². The Balaban J connectivity index is 2.15. The van der Waals surface area contributed by atoms with Crippen LogP contribution in [0.5, 0.6) is 0 Å². The Hall–Kier alpha value is -1.19. The summed E-state index contributed by atoms with van der Waals surface area (Å²) in [5.41, 5.74) is 1.12. The predicted molar refractivity (Wildman–Crippen MR) is 60.3 cm³/mol. The fourth-order valence-electron chi connectivity index (χ4n) is 1.02. The molecule has 0 spiro atoms. The summed E-state index contributed by atoms with van der Waals surface area (Å²) in [6.07, 6.45) is 3.80. The molecule has 1 heterocycles. The van der Waals surface area contributed by atoms with Crippen LogP contribution in [-0.4, -0.2) is 9.36 Å².